The van der Waals surface area contributed by atoms with Crippen LogP contribution in [0.15, 0.2) is 40.9 Å². The number of aryl methyl sites for hydroxylation is 1. The van der Waals surface area contributed by atoms with Gasteiger partial charge in [-0.1, -0.05) is 11.6 Å². The van der Waals surface area contributed by atoms with Gasteiger partial charge in [0.1, 0.15) is 11.6 Å². The van der Waals surface area contributed by atoms with E-state index in [1.165, 1.54) is 25.3 Å². The van der Waals surface area contributed by atoms with E-state index < -0.39 is 0 Å². The number of carbonyl (C=O) groups excluding carboxylic acids is 1. The van der Waals surface area contributed by atoms with Gasteiger partial charge in [0.2, 0.25) is 0 Å². The first-order valence-electron chi connectivity index (χ1n) is 5.67. The van der Waals surface area contributed by atoms with Crippen LogP contribution in [-0.4, -0.2) is 12.9 Å². The van der Waals surface area contributed by atoms with Crippen LogP contribution < -0.4 is 4.74 Å². The third kappa shape index (κ3) is 2.84. The molecule has 0 heterocycles. The summed E-state index contributed by atoms with van der Waals surface area (Å²) in [6.45, 7) is 1.90. The maximum absolute atomic E-state index is 13.1. The van der Waals surface area contributed by atoms with Gasteiger partial charge in [-0.15, -0.1) is 0 Å². The molecule has 0 radical (unpaired) electrons. The Morgan fingerprint density at radius 3 is 2.53 bits per heavy atom. The minimum atomic E-state index is -0.389. The lowest BCUT2D eigenvalue weighted by atomic mass is 10.0. The fraction of sp³-hybridized carbons (Fsp3) is 0.133. The fourth-order valence-corrected chi connectivity index (χ4v) is 2.35. The second-order valence-electron chi connectivity index (χ2n) is 4.16. The number of carbonyl (C=O) groups is 1. The van der Waals surface area contributed by atoms with Crippen LogP contribution in [0.25, 0.3) is 0 Å². The molecule has 0 aliphatic rings. The van der Waals surface area contributed by atoms with Crippen LogP contribution in [0, 0.1) is 12.7 Å². The van der Waals surface area contributed by atoms with Gasteiger partial charge >= 0.3 is 0 Å². The standard InChI is InChI=1S/C15H12BrFO2/c1-9-3-6-14(19-2)12(7-9)15(18)11-5-4-10(17)8-13(11)16/h3-8H,1-2H3. The van der Waals surface area contributed by atoms with Crippen molar-refractivity contribution in [3.8, 4) is 5.75 Å². The molecule has 2 aromatic carbocycles. The average Bonchev–Trinajstić information content (AvgIpc) is 2.38. The number of benzene rings is 2. The summed E-state index contributed by atoms with van der Waals surface area (Å²) < 4.78 is 18.7. The zero-order valence-electron chi connectivity index (χ0n) is 10.5. The zero-order chi connectivity index (χ0) is 14.0. The van der Waals surface area contributed by atoms with E-state index in [1.807, 2.05) is 13.0 Å². The summed E-state index contributed by atoms with van der Waals surface area (Å²) in [5.41, 5.74) is 1.84. The lowest BCUT2D eigenvalue weighted by Crippen LogP contribution is -2.05. The van der Waals surface area contributed by atoms with Crippen molar-refractivity contribution in [2.45, 2.75) is 6.92 Å². The second kappa shape index (κ2) is 5.53. The Balaban J connectivity index is 2.52. The molecule has 19 heavy (non-hydrogen) atoms. The molecule has 0 N–H and O–H groups in total. The minimum Gasteiger partial charge on any atom is -0.496 e. The fourth-order valence-electron chi connectivity index (χ4n) is 1.82. The molecule has 0 spiro atoms. The summed E-state index contributed by atoms with van der Waals surface area (Å²) in [4.78, 5) is 12.5. The maximum Gasteiger partial charge on any atom is 0.197 e. The van der Waals surface area contributed by atoms with Crippen LogP contribution in [0.1, 0.15) is 21.5 Å². The van der Waals surface area contributed by atoms with Crippen molar-refractivity contribution in [1.29, 1.82) is 0 Å². The summed E-state index contributed by atoms with van der Waals surface area (Å²) in [6.07, 6.45) is 0. The van der Waals surface area contributed by atoms with E-state index in [1.54, 1.807) is 12.1 Å². The van der Waals surface area contributed by atoms with Gasteiger partial charge in [0.15, 0.2) is 5.78 Å². The molecule has 0 atom stereocenters. The van der Waals surface area contributed by atoms with Crippen molar-refractivity contribution in [2.75, 3.05) is 7.11 Å². The Kier molecular flexibility index (Phi) is 4.00. The molecule has 0 fully saturated rings. The monoisotopic (exact) mass is 322 g/mol. The Bertz CT molecular complexity index is 638. The lowest BCUT2D eigenvalue weighted by molar-refractivity contribution is 0.103. The van der Waals surface area contributed by atoms with Crippen molar-refractivity contribution < 1.29 is 13.9 Å². The average molecular weight is 323 g/mol. The molecule has 0 saturated heterocycles. The van der Waals surface area contributed by atoms with Gasteiger partial charge < -0.3 is 4.74 Å². The quantitative estimate of drug-likeness (QED) is 0.794. The molecule has 2 aromatic rings. The molecule has 0 unspecified atom stereocenters. The van der Waals surface area contributed by atoms with Gasteiger partial charge in [-0.05, 0) is 53.2 Å². The molecule has 0 aromatic heterocycles. The zero-order valence-corrected chi connectivity index (χ0v) is 12.1. The van der Waals surface area contributed by atoms with Crippen LogP contribution in [-0.2, 0) is 0 Å². The van der Waals surface area contributed by atoms with E-state index in [2.05, 4.69) is 15.9 Å². The van der Waals surface area contributed by atoms with E-state index in [9.17, 15) is 9.18 Å². The largest absolute Gasteiger partial charge is 0.496 e. The lowest BCUT2D eigenvalue weighted by Gasteiger charge is -2.09. The van der Waals surface area contributed by atoms with Crippen LogP contribution in [0.4, 0.5) is 4.39 Å². The molecule has 2 nitrogen and oxygen atoms in total. The number of ether oxygens (including phenoxy) is 1. The van der Waals surface area contributed by atoms with Gasteiger partial charge in [0, 0.05) is 10.0 Å². The molecule has 0 amide bonds. The number of methoxy groups -OCH3 is 1. The summed E-state index contributed by atoms with van der Waals surface area (Å²) >= 11 is 3.21. The summed E-state index contributed by atoms with van der Waals surface area (Å²) in [5.74, 6) is -0.0844. The Morgan fingerprint density at radius 1 is 1.16 bits per heavy atom. The summed E-state index contributed by atoms with van der Waals surface area (Å²) in [7, 11) is 1.52. The first-order valence-corrected chi connectivity index (χ1v) is 6.46. The van der Waals surface area contributed by atoms with Gasteiger partial charge in [-0.2, -0.15) is 0 Å². The highest BCUT2D eigenvalue weighted by Crippen LogP contribution is 2.26. The Labute approximate surface area is 119 Å². The third-order valence-corrected chi connectivity index (χ3v) is 3.43. The highest BCUT2D eigenvalue weighted by atomic mass is 79.9. The van der Waals surface area contributed by atoms with Gasteiger partial charge in [-0.3, -0.25) is 4.79 Å². The SMILES string of the molecule is COc1ccc(C)cc1C(=O)c1ccc(F)cc1Br. The van der Waals surface area contributed by atoms with E-state index >= 15 is 0 Å². The summed E-state index contributed by atoms with van der Waals surface area (Å²) in [5, 5.41) is 0. The van der Waals surface area contributed by atoms with Crippen molar-refractivity contribution in [1.82, 2.24) is 0 Å². The second-order valence-corrected chi connectivity index (χ2v) is 5.01. The molecule has 4 heteroatoms. The number of rotatable bonds is 3. The topological polar surface area (TPSA) is 26.3 Å². The van der Waals surface area contributed by atoms with Crippen molar-refractivity contribution in [2.24, 2.45) is 0 Å². The van der Waals surface area contributed by atoms with Crippen molar-refractivity contribution in [3.63, 3.8) is 0 Å². The molecule has 98 valence electrons. The molecule has 0 bridgehead atoms. The van der Waals surface area contributed by atoms with Gasteiger partial charge in [0.25, 0.3) is 0 Å². The Hall–Kier alpha value is -1.68. The van der Waals surface area contributed by atoms with Crippen LogP contribution >= 0.6 is 15.9 Å². The number of hydrogen-bond acceptors (Lipinski definition) is 2. The normalized spacial score (nSPS) is 10.3. The molecule has 0 aliphatic carbocycles. The van der Waals surface area contributed by atoms with E-state index in [0.29, 0.717) is 21.3 Å². The number of hydrogen-bond donors (Lipinski definition) is 0. The van der Waals surface area contributed by atoms with Gasteiger partial charge in [-0.25, -0.2) is 4.39 Å². The summed E-state index contributed by atoms with van der Waals surface area (Å²) in [6, 6.07) is 9.38. The predicted octanol–water partition coefficient (Wildman–Crippen LogP) is 4.14. The Morgan fingerprint density at radius 2 is 1.89 bits per heavy atom. The van der Waals surface area contributed by atoms with Crippen molar-refractivity contribution >= 4 is 21.7 Å². The van der Waals surface area contributed by atoms with E-state index in [0.717, 1.165) is 5.56 Å². The van der Waals surface area contributed by atoms with Crippen LogP contribution in [0.5, 0.6) is 5.75 Å². The minimum absolute atomic E-state index is 0.201. The smallest absolute Gasteiger partial charge is 0.197 e. The predicted molar refractivity (Wildman–Crippen MR) is 75.3 cm³/mol. The maximum atomic E-state index is 13.1. The van der Waals surface area contributed by atoms with E-state index in [-0.39, 0.29) is 11.6 Å². The van der Waals surface area contributed by atoms with Crippen LogP contribution in [0.3, 0.4) is 0 Å². The first kappa shape index (κ1) is 13.7. The molecule has 2 rings (SSSR count). The molecular weight excluding hydrogens is 311 g/mol. The van der Waals surface area contributed by atoms with Crippen LogP contribution in [0.2, 0.25) is 0 Å². The van der Waals surface area contributed by atoms with Gasteiger partial charge in [0.05, 0.1) is 12.7 Å². The van der Waals surface area contributed by atoms with Crippen molar-refractivity contribution in [3.05, 3.63) is 63.4 Å². The molecule has 0 saturated carbocycles. The molecular formula is C15H12BrFO2. The third-order valence-electron chi connectivity index (χ3n) is 2.78. The highest BCUT2D eigenvalue weighted by molar-refractivity contribution is 9.10. The first-order chi connectivity index (χ1) is 9.02. The number of halogens is 2. The van der Waals surface area contributed by atoms with E-state index in [4.69, 9.17) is 4.74 Å². The highest BCUT2D eigenvalue weighted by Gasteiger charge is 2.17. The molecule has 0 aliphatic heterocycles. The number of ketones is 1.